The molecule has 4 heterocycles. The molecule has 1 aromatic heterocycles. The molecule has 0 unspecified atom stereocenters. The van der Waals surface area contributed by atoms with Crippen LogP contribution in [0.15, 0.2) is 30.3 Å². The maximum Gasteiger partial charge on any atom is 0.232 e. The van der Waals surface area contributed by atoms with Gasteiger partial charge in [-0.3, -0.25) is 0 Å². The third-order valence-electron chi connectivity index (χ3n) is 7.83. The molecule has 2 aromatic rings. The number of benzene rings is 1. The molecule has 3 aliphatic heterocycles. The molecule has 3 aliphatic rings. The van der Waals surface area contributed by atoms with Gasteiger partial charge in [0, 0.05) is 62.4 Å². The molecule has 7 nitrogen and oxygen atoms in total. The molecule has 5 rings (SSSR count). The Morgan fingerprint density at radius 2 is 1.72 bits per heavy atom. The predicted octanol–water partition coefficient (Wildman–Crippen LogP) is 5.00. The van der Waals surface area contributed by atoms with Crippen LogP contribution >= 0.6 is 23.8 Å². The Kier molecular flexibility index (Phi) is 8.13. The molecule has 1 aromatic carbocycles. The van der Waals surface area contributed by atoms with Gasteiger partial charge in [0.1, 0.15) is 11.6 Å². The molecule has 3 saturated heterocycles. The zero-order chi connectivity index (χ0) is 25.0. The minimum absolute atomic E-state index is 0.0536. The van der Waals surface area contributed by atoms with E-state index in [1.54, 1.807) is 0 Å². The molecule has 3 fully saturated rings. The van der Waals surface area contributed by atoms with Gasteiger partial charge in [0.15, 0.2) is 5.11 Å². The van der Waals surface area contributed by atoms with Crippen molar-refractivity contribution in [1.82, 2.24) is 15.3 Å². The fraction of sp³-hybridized carbons (Fsp3) is 0.593. The number of rotatable bonds is 6. The van der Waals surface area contributed by atoms with Gasteiger partial charge in [0.05, 0.1) is 0 Å². The van der Waals surface area contributed by atoms with Crippen molar-refractivity contribution in [2.45, 2.75) is 50.9 Å². The molecule has 0 bridgehead atoms. The van der Waals surface area contributed by atoms with Gasteiger partial charge in [-0.15, -0.1) is 0 Å². The zero-order valence-electron chi connectivity index (χ0n) is 21.1. The molecule has 36 heavy (non-hydrogen) atoms. The summed E-state index contributed by atoms with van der Waals surface area (Å²) >= 11 is 11.9. The van der Waals surface area contributed by atoms with Gasteiger partial charge in [-0.25, -0.2) is 0 Å². The second kappa shape index (κ2) is 11.5. The van der Waals surface area contributed by atoms with Gasteiger partial charge >= 0.3 is 0 Å². The summed E-state index contributed by atoms with van der Waals surface area (Å²) in [5.41, 5.74) is 1.21. The fourth-order valence-electron chi connectivity index (χ4n) is 5.67. The quantitative estimate of drug-likeness (QED) is 0.508. The predicted molar refractivity (Wildman–Crippen MR) is 151 cm³/mol. The van der Waals surface area contributed by atoms with Gasteiger partial charge in [0.2, 0.25) is 5.95 Å². The number of thiocarbonyl (C=S) groups is 1. The molecule has 2 N–H and O–H groups in total. The van der Waals surface area contributed by atoms with Crippen molar-refractivity contribution >= 4 is 46.5 Å². The van der Waals surface area contributed by atoms with Gasteiger partial charge in [-0.05, 0) is 74.4 Å². The lowest BCUT2D eigenvalue weighted by atomic mass is 9.74. The van der Waals surface area contributed by atoms with E-state index in [2.05, 4.69) is 45.6 Å². The average Bonchev–Trinajstić information content (AvgIpc) is 3.44. The van der Waals surface area contributed by atoms with Crippen LogP contribution < -0.4 is 20.4 Å². The van der Waals surface area contributed by atoms with E-state index in [1.807, 2.05) is 12.1 Å². The largest absolute Gasteiger partial charge is 0.381 e. The summed E-state index contributed by atoms with van der Waals surface area (Å²) in [4.78, 5) is 14.5. The van der Waals surface area contributed by atoms with Crippen LogP contribution in [0.5, 0.6) is 0 Å². The highest BCUT2D eigenvalue weighted by molar-refractivity contribution is 7.80. The molecular formula is C27H37ClN6OS. The molecule has 0 aliphatic carbocycles. The zero-order valence-corrected chi connectivity index (χ0v) is 22.7. The number of piperidine rings is 1. The minimum Gasteiger partial charge on any atom is -0.381 e. The molecule has 0 radical (unpaired) electrons. The smallest absolute Gasteiger partial charge is 0.232 e. The number of anilines is 3. The van der Waals surface area contributed by atoms with Gasteiger partial charge in [-0.2, -0.15) is 9.97 Å². The number of halogens is 1. The second-order valence-corrected chi connectivity index (χ2v) is 11.3. The molecule has 0 spiro atoms. The van der Waals surface area contributed by atoms with E-state index in [1.165, 1.54) is 31.2 Å². The third-order valence-corrected chi connectivity index (χ3v) is 8.33. The van der Waals surface area contributed by atoms with E-state index in [0.717, 1.165) is 68.9 Å². The minimum atomic E-state index is -0.0536. The average molecular weight is 529 g/mol. The Bertz CT molecular complexity index is 1040. The molecule has 1 atom stereocenters. The van der Waals surface area contributed by atoms with E-state index in [-0.39, 0.29) is 5.41 Å². The maximum absolute atomic E-state index is 6.16. The molecular weight excluding hydrogens is 492 g/mol. The first kappa shape index (κ1) is 25.5. The topological polar surface area (TPSA) is 65.5 Å². The van der Waals surface area contributed by atoms with E-state index in [4.69, 9.17) is 38.5 Å². The first-order chi connectivity index (χ1) is 17.5. The van der Waals surface area contributed by atoms with E-state index >= 15 is 0 Å². The molecule has 9 heteroatoms. The summed E-state index contributed by atoms with van der Waals surface area (Å²) < 4.78 is 5.68. The van der Waals surface area contributed by atoms with Crippen LogP contribution in [0.1, 0.15) is 51.0 Å². The number of hydrogen-bond donors (Lipinski definition) is 2. The summed E-state index contributed by atoms with van der Waals surface area (Å²) in [7, 11) is 0. The molecule has 0 amide bonds. The van der Waals surface area contributed by atoms with Crippen LogP contribution in [0.4, 0.5) is 17.6 Å². The lowest BCUT2D eigenvalue weighted by Crippen LogP contribution is -2.45. The summed E-state index contributed by atoms with van der Waals surface area (Å²) in [5.74, 6) is 3.22. The van der Waals surface area contributed by atoms with Gasteiger partial charge in [0.25, 0.3) is 0 Å². The van der Waals surface area contributed by atoms with E-state index < -0.39 is 0 Å². The summed E-state index contributed by atoms with van der Waals surface area (Å²) in [6.07, 6.45) is 6.76. The SMILES string of the molecule is C[C@@H]1CCCN(c2cc(N3CCCC3)nc(NC(=S)NCC3(c4ccc(Cl)cc4)CCOCC3)n2)C1. The summed E-state index contributed by atoms with van der Waals surface area (Å²) in [6, 6.07) is 10.3. The number of nitrogens with one attached hydrogen (secondary N) is 2. The van der Waals surface area contributed by atoms with Crippen LogP contribution in [-0.4, -0.2) is 61.0 Å². The Labute approximate surface area is 225 Å². The van der Waals surface area contributed by atoms with Crippen molar-refractivity contribution in [2.24, 2.45) is 5.92 Å². The van der Waals surface area contributed by atoms with Crippen LogP contribution in [0.25, 0.3) is 0 Å². The lowest BCUT2D eigenvalue weighted by molar-refractivity contribution is 0.0515. The summed E-state index contributed by atoms with van der Waals surface area (Å²) in [5, 5.41) is 8.08. The van der Waals surface area contributed by atoms with Crippen molar-refractivity contribution in [2.75, 3.05) is 61.1 Å². The number of nitrogens with zero attached hydrogens (tertiary/aromatic N) is 4. The maximum atomic E-state index is 6.16. The van der Waals surface area contributed by atoms with Gasteiger partial charge < -0.3 is 25.2 Å². The van der Waals surface area contributed by atoms with Gasteiger partial charge in [-0.1, -0.05) is 30.7 Å². The highest BCUT2D eigenvalue weighted by Gasteiger charge is 2.34. The monoisotopic (exact) mass is 528 g/mol. The molecule has 194 valence electrons. The van der Waals surface area contributed by atoms with Crippen LogP contribution in [0.3, 0.4) is 0 Å². The van der Waals surface area contributed by atoms with Crippen LogP contribution in [0.2, 0.25) is 5.02 Å². The standard InChI is InChI=1S/C27H37ClN6OS/c1-20-5-4-14-34(18-20)24-17-23(33-12-2-3-13-33)30-25(31-24)32-26(36)29-19-27(10-15-35-16-11-27)21-6-8-22(28)9-7-21/h6-9,17,20H,2-5,10-16,18-19H2,1H3,(H2,29,30,31,32,36)/t20-/m1/s1. The van der Waals surface area contributed by atoms with E-state index in [9.17, 15) is 0 Å². The fourth-order valence-corrected chi connectivity index (χ4v) is 5.96. The summed E-state index contributed by atoms with van der Waals surface area (Å²) in [6.45, 7) is 8.67. The van der Waals surface area contributed by atoms with Crippen molar-refractivity contribution in [3.8, 4) is 0 Å². The first-order valence-corrected chi connectivity index (χ1v) is 14.1. The van der Waals surface area contributed by atoms with Crippen LogP contribution in [0, 0.1) is 5.92 Å². The highest BCUT2D eigenvalue weighted by Crippen LogP contribution is 2.35. The second-order valence-electron chi connectivity index (χ2n) is 10.5. The number of hydrogen-bond acceptors (Lipinski definition) is 6. The first-order valence-electron chi connectivity index (χ1n) is 13.3. The Hall–Kier alpha value is -2.16. The lowest BCUT2D eigenvalue weighted by Gasteiger charge is -2.38. The number of ether oxygens (including phenoxy) is 1. The Morgan fingerprint density at radius 1 is 1.06 bits per heavy atom. The van der Waals surface area contributed by atoms with Crippen molar-refractivity contribution in [3.05, 3.63) is 40.9 Å². The van der Waals surface area contributed by atoms with Crippen molar-refractivity contribution in [1.29, 1.82) is 0 Å². The normalized spacial score (nSPS) is 21.9. The van der Waals surface area contributed by atoms with Crippen LogP contribution in [-0.2, 0) is 10.2 Å². The number of aromatic nitrogens is 2. The van der Waals surface area contributed by atoms with E-state index in [0.29, 0.717) is 23.5 Å². The Morgan fingerprint density at radius 3 is 2.42 bits per heavy atom. The van der Waals surface area contributed by atoms with Crippen molar-refractivity contribution in [3.63, 3.8) is 0 Å². The Balaban J connectivity index is 1.31. The highest BCUT2D eigenvalue weighted by atomic mass is 35.5. The van der Waals surface area contributed by atoms with Crippen molar-refractivity contribution < 1.29 is 4.74 Å². The molecule has 0 saturated carbocycles. The third kappa shape index (κ3) is 6.03.